The fourth-order valence-electron chi connectivity index (χ4n) is 3.98. The van der Waals surface area contributed by atoms with E-state index in [1.807, 2.05) is 12.1 Å². The largest absolute Gasteiger partial charge is 0.493 e. The van der Waals surface area contributed by atoms with E-state index in [1.54, 1.807) is 50.6 Å². The van der Waals surface area contributed by atoms with Gasteiger partial charge in [0, 0.05) is 24.5 Å². The Hall–Kier alpha value is -3.47. The Kier molecular flexibility index (Phi) is 11.1. The van der Waals surface area contributed by atoms with Crippen LogP contribution in [0.5, 0.6) is 11.5 Å². The molecule has 0 saturated heterocycles. The third-order valence-electron chi connectivity index (χ3n) is 5.94. The SMILES string of the molecule is COc1ccc(CCNC(=O)c2ccccc2NC(=O)CCCN(c2cc(Cl)ccc2Cl)S(C)(=O)=O)cc1OC. The van der Waals surface area contributed by atoms with Gasteiger partial charge in [-0.1, -0.05) is 41.4 Å². The van der Waals surface area contributed by atoms with Crippen LogP contribution in [0.4, 0.5) is 11.4 Å². The van der Waals surface area contributed by atoms with E-state index in [9.17, 15) is 18.0 Å². The second kappa shape index (κ2) is 14.2. The van der Waals surface area contributed by atoms with Crippen LogP contribution in [0, 0.1) is 0 Å². The van der Waals surface area contributed by atoms with Crippen LogP contribution in [0.2, 0.25) is 10.0 Å². The molecule has 3 aromatic carbocycles. The van der Waals surface area contributed by atoms with Crippen LogP contribution >= 0.6 is 23.2 Å². The van der Waals surface area contributed by atoms with Gasteiger partial charge in [-0.25, -0.2) is 8.42 Å². The molecule has 0 aliphatic rings. The first-order valence-electron chi connectivity index (χ1n) is 12.3. The summed E-state index contributed by atoms with van der Waals surface area (Å²) in [7, 11) is -0.551. The molecule has 2 amide bonds. The highest BCUT2D eigenvalue weighted by atomic mass is 35.5. The minimum Gasteiger partial charge on any atom is -0.493 e. The first-order chi connectivity index (χ1) is 19.0. The van der Waals surface area contributed by atoms with Crippen molar-refractivity contribution in [2.45, 2.75) is 19.3 Å². The quantitative estimate of drug-likeness (QED) is 0.277. The van der Waals surface area contributed by atoms with E-state index < -0.39 is 10.0 Å². The molecule has 0 heterocycles. The van der Waals surface area contributed by atoms with Crippen LogP contribution in [-0.2, 0) is 21.2 Å². The van der Waals surface area contributed by atoms with Crippen molar-refractivity contribution < 1.29 is 27.5 Å². The number of benzene rings is 3. The minimum absolute atomic E-state index is 0.0134. The van der Waals surface area contributed by atoms with E-state index in [4.69, 9.17) is 32.7 Å². The molecular formula is C28H31Cl2N3O6S. The highest BCUT2D eigenvalue weighted by Crippen LogP contribution is 2.31. The highest BCUT2D eigenvalue weighted by molar-refractivity contribution is 7.92. The van der Waals surface area contributed by atoms with E-state index in [-0.39, 0.29) is 41.9 Å². The van der Waals surface area contributed by atoms with Crippen molar-refractivity contribution in [2.24, 2.45) is 0 Å². The maximum Gasteiger partial charge on any atom is 0.253 e. The smallest absolute Gasteiger partial charge is 0.253 e. The zero-order valence-electron chi connectivity index (χ0n) is 22.4. The number of carbonyl (C=O) groups is 2. The first kappa shape index (κ1) is 31.1. The van der Waals surface area contributed by atoms with Gasteiger partial charge in [-0.05, 0) is 60.9 Å². The molecule has 214 valence electrons. The van der Waals surface area contributed by atoms with Gasteiger partial charge in [0.2, 0.25) is 15.9 Å². The van der Waals surface area contributed by atoms with Gasteiger partial charge in [-0.2, -0.15) is 0 Å². The van der Waals surface area contributed by atoms with Crippen LogP contribution in [-0.4, -0.2) is 53.8 Å². The van der Waals surface area contributed by atoms with Crippen molar-refractivity contribution in [2.75, 3.05) is 43.2 Å². The maximum absolute atomic E-state index is 12.9. The van der Waals surface area contributed by atoms with Crippen LogP contribution in [0.3, 0.4) is 0 Å². The molecule has 0 fully saturated rings. The number of sulfonamides is 1. The molecule has 2 N–H and O–H groups in total. The Morgan fingerprint density at radius 2 is 1.68 bits per heavy atom. The number of hydrogen-bond donors (Lipinski definition) is 2. The summed E-state index contributed by atoms with van der Waals surface area (Å²) in [5.74, 6) is 0.526. The average molecular weight is 609 g/mol. The second-order valence-corrected chi connectivity index (χ2v) is 11.6. The van der Waals surface area contributed by atoms with Gasteiger partial charge in [0.25, 0.3) is 5.91 Å². The molecule has 0 aliphatic carbocycles. The van der Waals surface area contributed by atoms with E-state index in [1.165, 1.54) is 12.1 Å². The van der Waals surface area contributed by atoms with Crippen LogP contribution < -0.4 is 24.4 Å². The summed E-state index contributed by atoms with van der Waals surface area (Å²) >= 11 is 12.2. The molecule has 0 radical (unpaired) electrons. The van der Waals surface area contributed by atoms with Gasteiger partial charge in [0.15, 0.2) is 11.5 Å². The third-order valence-corrected chi connectivity index (χ3v) is 7.67. The Morgan fingerprint density at radius 1 is 0.950 bits per heavy atom. The van der Waals surface area contributed by atoms with Crippen molar-refractivity contribution in [1.82, 2.24) is 5.32 Å². The van der Waals surface area contributed by atoms with E-state index in [2.05, 4.69) is 10.6 Å². The molecule has 0 aliphatic heterocycles. The summed E-state index contributed by atoms with van der Waals surface area (Å²) in [6, 6.07) is 16.8. The third kappa shape index (κ3) is 8.51. The van der Waals surface area contributed by atoms with E-state index in [0.29, 0.717) is 40.7 Å². The molecule has 0 atom stereocenters. The van der Waals surface area contributed by atoms with Crippen LogP contribution in [0.25, 0.3) is 0 Å². The number of halogens is 2. The summed E-state index contributed by atoms with van der Waals surface area (Å²) < 4.78 is 36.5. The number of rotatable bonds is 13. The van der Waals surface area contributed by atoms with Crippen molar-refractivity contribution >= 4 is 56.4 Å². The monoisotopic (exact) mass is 607 g/mol. The lowest BCUT2D eigenvalue weighted by molar-refractivity contribution is -0.116. The van der Waals surface area contributed by atoms with Gasteiger partial charge in [0.05, 0.1) is 42.4 Å². The summed E-state index contributed by atoms with van der Waals surface area (Å²) in [5, 5.41) is 6.19. The van der Waals surface area contributed by atoms with Crippen molar-refractivity contribution in [3.05, 3.63) is 81.8 Å². The van der Waals surface area contributed by atoms with Gasteiger partial charge in [-0.15, -0.1) is 0 Å². The summed E-state index contributed by atoms with van der Waals surface area (Å²) in [5.41, 5.74) is 1.87. The van der Waals surface area contributed by atoms with Crippen molar-refractivity contribution in [1.29, 1.82) is 0 Å². The molecular weight excluding hydrogens is 577 g/mol. The number of anilines is 2. The normalized spacial score (nSPS) is 11.0. The predicted molar refractivity (Wildman–Crippen MR) is 159 cm³/mol. The standard InChI is InChI=1S/C28H31Cl2N3O6S/c1-38-25-13-10-19(17-26(25)39-2)14-15-31-28(35)21-7-4-5-8-23(21)32-27(34)9-6-16-33(40(3,36)37)24-18-20(29)11-12-22(24)30/h4-5,7-8,10-13,17-18H,6,9,14-16H2,1-3H3,(H,31,35)(H,32,34). The lowest BCUT2D eigenvalue weighted by Crippen LogP contribution is -2.32. The van der Waals surface area contributed by atoms with Gasteiger partial charge in [0.1, 0.15) is 0 Å². The fraction of sp³-hybridized carbons (Fsp3) is 0.286. The Labute approximate surface area is 244 Å². The average Bonchev–Trinajstić information content (AvgIpc) is 2.92. The fourth-order valence-corrected chi connectivity index (χ4v) is 5.38. The number of ether oxygens (including phenoxy) is 2. The van der Waals surface area contributed by atoms with Gasteiger partial charge < -0.3 is 20.1 Å². The molecule has 0 aromatic heterocycles. The minimum atomic E-state index is -3.68. The topological polar surface area (TPSA) is 114 Å². The first-order valence-corrected chi connectivity index (χ1v) is 14.9. The molecule has 40 heavy (non-hydrogen) atoms. The zero-order chi connectivity index (χ0) is 29.3. The number of methoxy groups -OCH3 is 2. The molecule has 0 spiro atoms. The molecule has 0 saturated carbocycles. The molecule has 9 nitrogen and oxygen atoms in total. The predicted octanol–water partition coefficient (Wildman–Crippen LogP) is 5.17. The van der Waals surface area contributed by atoms with E-state index >= 15 is 0 Å². The lowest BCUT2D eigenvalue weighted by atomic mass is 10.1. The van der Waals surface area contributed by atoms with Crippen molar-refractivity contribution in [3.8, 4) is 11.5 Å². The van der Waals surface area contributed by atoms with Gasteiger partial charge in [-0.3, -0.25) is 13.9 Å². The second-order valence-electron chi connectivity index (χ2n) is 8.82. The number of carbonyl (C=O) groups excluding carboxylic acids is 2. The number of nitrogens with zero attached hydrogens (tertiary/aromatic N) is 1. The zero-order valence-corrected chi connectivity index (χ0v) is 24.7. The number of para-hydroxylation sites is 1. The van der Waals surface area contributed by atoms with E-state index in [0.717, 1.165) is 16.1 Å². The molecule has 3 rings (SSSR count). The molecule has 3 aromatic rings. The van der Waals surface area contributed by atoms with Crippen LogP contribution in [0.1, 0.15) is 28.8 Å². The molecule has 0 unspecified atom stereocenters. The molecule has 12 heteroatoms. The summed E-state index contributed by atoms with van der Waals surface area (Å²) in [6.07, 6.45) is 1.85. The summed E-state index contributed by atoms with van der Waals surface area (Å²) in [6.45, 7) is 0.384. The van der Waals surface area contributed by atoms with Gasteiger partial charge >= 0.3 is 0 Å². The molecule has 0 bridgehead atoms. The number of amides is 2. The number of hydrogen-bond acceptors (Lipinski definition) is 6. The lowest BCUT2D eigenvalue weighted by Gasteiger charge is -2.23. The number of nitrogens with one attached hydrogen (secondary N) is 2. The Bertz CT molecular complexity index is 1470. The highest BCUT2D eigenvalue weighted by Gasteiger charge is 2.21. The Balaban J connectivity index is 1.58. The Morgan fingerprint density at radius 3 is 2.38 bits per heavy atom. The maximum atomic E-state index is 12.9. The summed E-state index contributed by atoms with van der Waals surface area (Å²) in [4.78, 5) is 25.6. The van der Waals surface area contributed by atoms with Crippen molar-refractivity contribution in [3.63, 3.8) is 0 Å². The van der Waals surface area contributed by atoms with Crippen LogP contribution in [0.15, 0.2) is 60.7 Å².